The Balaban J connectivity index is 1.57. The van der Waals surface area contributed by atoms with E-state index in [-0.39, 0.29) is 0 Å². The molecule has 0 atom stereocenters. The predicted octanol–water partition coefficient (Wildman–Crippen LogP) is 1.96. The average molecular weight is 245 g/mol. The summed E-state index contributed by atoms with van der Waals surface area (Å²) in [5, 5.41) is 3.48. The van der Waals surface area contributed by atoms with Crippen LogP contribution in [-0.4, -0.2) is 17.6 Å². The number of hydrogen-bond donors (Lipinski definition) is 2. The van der Waals surface area contributed by atoms with Crippen LogP contribution < -0.4 is 11.1 Å². The van der Waals surface area contributed by atoms with Crippen molar-refractivity contribution in [2.75, 3.05) is 6.54 Å². The number of fused-ring (bicyclic) bond motifs is 1. The second kappa shape index (κ2) is 4.71. The molecule has 0 aliphatic heterocycles. The molecule has 0 amide bonds. The first-order valence-electron chi connectivity index (χ1n) is 6.53. The quantitative estimate of drug-likeness (QED) is 0.864. The Morgan fingerprint density at radius 3 is 3.06 bits per heavy atom. The average Bonchev–Trinajstić information content (AvgIpc) is 2.66. The molecule has 0 bridgehead atoms. The van der Waals surface area contributed by atoms with E-state index in [1.54, 1.807) is 0 Å². The maximum absolute atomic E-state index is 5.77. The number of benzene rings is 1. The SMILES string of the molecule is Cc1nc2cc(CNCC3CC(N)C3)ccc2o1. The number of rotatable bonds is 4. The number of nitrogens with one attached hydrogen (secondary N) is 1. The lowest BCUT2D eigenvalue weighted by Crippen LogP contribution is -2.41. The van der Waals surface area contributed by atoms with Gasteiger partial charge < -0.3 is 15.5 Å². The number of nitrogens with two attached hydrogens (primary N) is 1. The number of aryl methyl sites for hydroxylation is 1. The highest BCUT2D eigenvalue weighted by Gasteiger charge is 2.24. The Morgan fingerprint density at radius 2 is 2.28 bits per heavy atom. The Labute approximate surface area is 107 Å². The smallest absolute Gasteiger partial charge is 0.192 e. The largest absolute Gasteiger partial charge is 0.441 e. The van der Waals surface area contributed by atoms with Gasteiger partial charge in [0.25, 0.3) is 0 Å². The molecular formula is C14H19N3O. The Kier molecular flexibility index (Phi) is 3.06. The van der Waals surface area contributed by atoms with Gasteiger partial charge in [0.1, 0.15) is 5.52 Å². The van der Waals surface area contributed by atoms with E-state index < -0.39 is 0 Å². The van der Waals surface area contributed by atoms with Gasteiger partial charge in [-0.3, -0.25) is 0 Å². The Hall–Kier alpha value is -1.39. The number of nitrogens with zero attached hydrogens (tertiary/aromatic N) is 1. The van der Waals surface area contributed by atoms with Gasteiger partial charge in [-0.25, -0.2) is 4.98 Å². The summed E-state index contributed by atoms with van der Waals surface area (Å²) in [6, 6.07) is 6.61. The maximum Gasteiger partial charge on any atom is 0.192 e. The van der Waals surface area contributed by atoms with E-state index in [1.807, 2.05) is 13.0 Å². The predicted molar refractivity (Wildman–Crippen MR) is 71.2 cm³/mol. The van der Waals surface area contributed by atoms with Crippen LogP contribution in [-0.2, 0) is 6.54 Å². The van der Waals surface area contributed by atoms with Gasteiger partial charge in [-0.05, 0) is 43.0 Å². The van der Waals surface area contributed by atoms with E-state index in [0.29, 0.717) is 6.04 Å². The third-order valence-electron chi connectivity index (χ3n) is 3.59. The molecule has 96 valence electrons. The van der Waals surface area contributed by atoms with Gasteiger partial charge in [0, 0.05) is 19.5 Å². The van der Waals surface area contributed by atoms with Crippen molar-refractivity contribution >= 4 is 11.1 Å². The van der Waals surface area contributed by atoms with Crippen LogP contribution in [0.25, 0.3) is 11.1 Å². The minimum absolute atomic E-state index is 0.436. The van der Waals surface area contributed by atoms with E-state index in [4.69, 9.17) is 10.2 Å². The van der Waals surface area contributed by atoms with Crippen LogP contribution in [0.2, 0.25) is 0 Å². The molecule has 1 fully saturated rings. The lowest BCUT2D eigenvalue weighted by Gasteiger charge is -2.32. The van der Waals surface area contributed by atoms with Gasteiger partial charge in [-0.1, -0.05) is 6.07 Å². The summed E-state index contributed by atoms with van der Waals surface area (Å²) >= 11 is 0. The molecule has 0 radical (unpaired) electrons. The zero-order valence-electron chi connectivity index (χ0n) is 10.6. The highest BCUT2D eigenvalue weighted by molar-refractivity contribution is 5.73. The van der Waals surface area contributed by atoms with Crippen molar-refractivity contribution in [1.82, 2.24) is 10.3 Å². The monoisotopic (exact) mass is 245 g/mol. The highest BCUT2D eigenvalue weighted by atomic mass is 16.3. The molecule has 0 unspecified atom stereocenters. The molecule has 3 N–H and O–H groups in total. The fraction of sp³-hybridized carbons (Fsp3) is 0.500. The summed E-state index contributed by atoms with van der Waals surface area (Å²) in [4.78, 5) is 4.34. The standard InChI is InChI=1S/C14H19N3O/c1-9-17-13-6-10(2-3-14(13)18-9)7-16-8-11-4-12(15)5-11/h2-3,6,11-12,16H,4-5,7-8,15H2,1H3. The third kappa shape index (κ3) is 2.40. The van der Waals surface area contributed by atoms with Crippen molar-refractivity contribution in [2.45, 2.75) is 32.4 Å². The van der Waals surface area contributed by atoms with E-state index in [9.17, 15) is 0 Å². The summed E-state index contributed by atoms with van der Waals surface area (Å²) < 4.78 is 5.46. The summed E-state index contributed by atoms with van der Waals surface area (Å²) in [6.07, 6.45) is 2.32. The van der Waals surface area contributed by atoms with Crippen molar-refractivity contribution in [1.29, 1.82) is 0 Å². The first-order chi connectivity index (χ1) is 8.70. The Bertz CT molecular complexity index is 543. The van der Waals surface area contributed by atoms with Gasteiger partial charge >= 0.3 is 0 Å². The molecule has 2 aromatic rings. The molecule has 1 heterocycles. The van der Waals surface area contributed by atoms with Gasteiger partial charge in [0.05, 0.1) is 0 Å². The van der Waals surface area contributed by atoms with Crippen molar-refractivity contribution < 1.29 is 4.42 Å². The zero-order valence-corrected chi connectivity index (χ0v) is 10.6. The summed E-state index contributed by atoms with van der Waals surface area (Å²) in [5.74, 6) is 1.48. The van der Waals surface area contributed by atoms with Gasteiger partial charge in [0.15, 0.2) is 11.5 Å². The summed E-state index contributed by atoms with van der Waals surface area (Å²) in [6.45, 7) is 3.81. The number of aromatic nitrogens is 1. The molecule has 1 aliphatic carbocycles. The highest BCUT2D eigenvalue weighted by Crippen LogP contribution is 2.24. The van der Waals surface area contributed by atoms with Gasteiger partial charge in [0.2, 0.25) is 0 Å². The van der Waals surface area contributed by atoms with Crippen LogP contribution in [0.1, 0.15) is 24.3 Å². The molecule has 18 heavy (non-hydrogen) atoms. The van der Waals surface area contributed by atoms with E-state index in [1.165, 1.54) is 5.56 Å². The minimum Gasteiger partial charge on any atom is -0.441 e. The molecule has 0 spiro atoms. The molecule has 4 nitrogen and oxygen atoms in total. The van der Waals surface area contributed by atoms with Crippen LogP contribution >= 0.6 is 0 Å². The van der Waals surface area contributed by atoms with Crippen molar-refractivity contribution in [3.8, 4) is 0 Å². The second-order valence-corrected chi connectivity index (χ2v) is 5.26. The number of oxazole rings is 1. The number of hydrogen-bond acceptors (Lipinski definition) is 4. The second-order valence-electron chi connectivity index (χ2n) is 5.26. The Morgan fingerprint density at radius 1 is 1.44 bits per heavy atom. The van der Waals surface area contributed by atoms with Crippen molar-refractivity contribution in [3.63, 3.8) is 0 Å². The lowest BCUT2D eigenvalue weighted by atomic mass is 9.81. The molecule has 4 heteroatoms. The van der Waals surface area contributed by atoms with Gasteiger partial charge in [-0.15, -0.1) is 0 Å². The van der Waals surface area contributed by atoms with Crippen LogP contribution in [0.15, 0.2) is 22.6 Å². The molecule has 1 saturated carbocycles. The van der Waals surface area contributed by atoms with Crippen LogP contribution in [0.4, 0.5) is 0 Å². The van der Waals surface area contributed by atoms with E-state index >= 15 is 0 Å². The fourth-order valence-corrected chi connectivity index (χ4v) is 2.57. The van der Waals surface area contributed by atoms with E-state index in [2.05, 4.69) is 22.4 Å². The van der Waals surface area contributed by atoms with Crippen LogP contribution in [0.3, 0.4) is 0 Å². The molecule has 1 aromatic heterocycles. The van der Waals surface area contributed by atoms with Gasteiger partial charge in [-0.2, -0.15) is 0 Å². The zero-order chi connectivity index (χ0) is 12.5. The first-order valence-corrected chi connectivity index (χ1v) is 6.53. The molecule has 1 aromatic carbocycles. The minimum atomic E-state index is 0.436. The molecular weight excluding hydrogens is 226 g/mol. The summed E-state index contributed by atoms with van der Waals surface area (Å²) in [5.41, 5.74) is 8.82. The topological polar surface area (TPSA) is 64.1 Å². The fourth-order valence-electron chi connectivity index (χ4n) is 2.57. The maximum atomic E-state index is 5.77. The first kappa shape index (κ1) is 11.7. The van der Waals surface area contributed by atoms with Crippen LogP contribution in [0.5, 0.6) is 0 Å². The molecule has 3 rings (SSSR count). The molecule has 1 aliphatic rings. The van der Waals surface area contributed by atoms with E-state index in [0.717, 1.165) is 48.8 Å². The van der Waals surface area contributed by atoms with Crippen LogP contribution in [0, 0.1) is 12.8 Å². The van der Waals surface area contributed by atoms with Crippen molar-refractivity contribution in [3.05, 3.63) is 29.7 Å². The third-order valence-corrected chi connectivity index (χ3v) is 3.59. The normalized spacial score (nSPS) is 23.2. The van der Waals surface area contributed by atoms with Crippen molar-refractivity contribution in [2.24, 2.45) is 11.7 Å². The summed E-state index contributed by atoms with van der Waals surface area (Å²) in [7, 11) is 0. The lowest BCUT2D eigenvalue weighted by molar-refractivity contribution is 0.256. The molecule has 0 saturated heterocycles.